The van der Waals surface area contributed by atoms with Gasteiger partial charge in [-0.2, -0.15) is 8.42 Å². The predicted molar refractivity (Wildman–Crippen MR) is 74.3 cm³/mol. The van der Waals surface area contributed by atoms with Gasteiger partial charge in [-0.1, -0.05) is 57.8 Å². The number of hydrogen-bond acceptors (Lipinski definition) is 3. The Hall–Kier alpha value is -0.130. The smallest absolute Gasteiger partial charge is 0.264 e. The summed E-state index contributed by atoms with van der Waals surface area (Å²) in [5.41, 5.74) is 0. The lowest BCUT2D eigenvalue weighted by Gasteiger charge is -2.02. The molecule has 18 heavy (non-hydrogen) atoms. The summed E-state index contributed by atoms with van der Waals surface area (Å²) in [6.07, 6.45) is 11.9. The summed E-state index contributed by atoms with van der Waals surface area (Å²) in [7, 11) is -3.75. The minimum absolute atomic E-state index is 0.0993. The fourth-order valence-electron chi connectivity index (χ4n) is 1.99. The van der Waals surface area contributed by atoms with Crippen molar-refractivity contribution < 1.29 is 18.1 Å². The zero-order chi connectivity index (χ0) is 13.7. The third kappa shape index (κ3) is 15.9. The van der Waals surface area contributed by atoms with Gasteiger partial charge in [0.1, 0.15) is 0 Å². The molecule has 0 rings (SSSR count). The van der Waals surface area contributed by atoms with E-state index in [1.54, 1.807) is 0 Å². The van der Waals surface area contributed by atoms with Crippen LogP contribution in [0.15, 0.2) is 0 Å². The molecule has 0 aliphatic rings. The average molecular weight is 280 g/mol. The van der Waals surface area contributed by atoms with Crippen LogP contribution in [0.3, 0.4) is 0 Å². The van der Waals surface area contributed by atoms with Gasteiger partial charge in [-0.15, -0.1) is 0 Å². The molecule has 0 unspecified atom stereocenters. The van der Waals surface area contributed by atoms with Crippen molar-refractivity contribution in [3.05, 3.63) is 0 Å². The molecule has 0 radical (unpaired) electrons. The highest BCUT2D eigenvalue weighted by molar-refractivity contribution is 7.85. The topological polar surface area (TPSA) is 74.6 Å². The van der Waals surface area contributed by atoms with Gasteiger partial charge in [-0.05, 0) is 12.8 Å². The summed E-state index contributed by atoms with van der Waals surface area (Å²) in [6.45, 7) is 0.309. The zero-order valence-corrected chi connectivity index (χ0v) is 12.1. The van der Waals surface area contributed by atoms with Crippen LogP contribution < -0.4 is 0 Å². The Balaban J connectivity index is 3.03. The van der Waals surface area contributed by atoms with E-state index in [1.807, 2.05) is 0 Å². The second-order valence-electron chi connectivity index (χ2n) is 4.90. The number of aliphatic hydroxyl groups excluding tert-OH is 1. The minimum atomic E-state index is -3.75. The molecule has 5 heteroatoms. The highest BCUT2D eigenvalue weighted by atomic mass is 32.2. The van der Waals surface area contributed by atoms with E-state index in [9.17, 15) is 8.42 Å². The zero-order valence-electron chi connectivity index (χ0n) is 11.3. The molecule has 0 spiro atoms. The SMILES string of the molecule is O=S(=O)(O)CCCCCCCCCCCCCO. The summed E-state index contributed by atoms with van der Waals surface area (Å²) in [5.74, 6) is -0.0993. The van der Waals surface area contributed by atoms with E-state index in [0.717, 1.165) is 32.1 Å². The molecular formula is C13H28O4S. The maximum absolute atomic E-state index is 10.5. The van der Waals surface area contributed by atoms with Crippen molar-refractivity contribution in [2.24, 2.45) is 0 Å². The van der Waals surface area contributed by atoms with Gasteiger partial charge in [0.25, 0.3) is 10.1 Å². The Labute approximate surface area is 112 Å². The minimum Gasteiger partial charge on any atom is -0.396 e. The summed E-state index contributed by atoms with van der Waals surface area (Å²) in [4.78, 5) is 0. The molecule has 0 saturated carbocycles. The molecule has 0 heterocycles. The number of unbranched alkanes of at least 4 members (excludes halogenated alkanes) is 10. The summed E-state index contributed by atoms with van der Waals surface area (Å²) < 4.78 is 29.4. The van der Waals surface area contributed by atoms with Crippen LogP contribution in [0.25, 0.3) is 0 Å². The van der Waals surface area contributed by atoms with Crippen molar-refractivity contribution in [2.45, 2.75) is 70.6 Å². The lowest BCUT2D eigenvalue weighted by atomic mass is 10.1. The maximum Gasteiger partial charge on any atom is 0.264 e. The highest BCUT2D eigenvalue weighted by Gasteiger charge is 2.02. The fourth-order valence-corrected chi connectivity index (χ4v) is 2.56. The molecule has 0 aromatic heterocycles. The van der Waals surface area contributed by atoms with E-state index in [1.165, 1.54) is 32.1 Å². The first-order valence-corrected chi connectivity index (χ1v) is 8.73. The van der Waals surface area contributed by atoms with E-state index >= 15 is 0 Å². The first-order valence-electron chi connectivity index (χ1n) is 7.12. The van der Waals surface area contributed by atoms with Crippen LogP contribution in [0.4, 0.5) is 0 Å². The Morgan fingerprint density at radius 2 is 0.944 bits per heavy atom. The molecule has 110 valence electrons. The van der Waals surface area contributed by atoms with E-state index < -0.39 is 10.1 Å². The van der Waals surface area contributed by atoms with Crippen molar-refractivity contribution in [3.63, 3.8) is 0 Å². The Bertz CT molecular complexity index is 262. The molecule has 2 N–H and O–H groups in total. The van der Waals surface area contributed by atoms with Crippen molar-refractivity contribution in [2.75, 3.05) is 12.4 Å². The Morgan fingerprint density at radius 3 is 1.28 bits per heavy atom. The van der Waals surface area contributed by atoms with Gasteiger partial charge >= 0.3 is 0 Å². The number of aliphatic hydroxyl groups is 1. The predicted octanol–water partition coefficient (Wildman–Crippen LogP) is 3.16. The molecule has 0 bridgehead atoms. The summed E-state index contributed by atoms with van der Waals surface area (Å²) in [5, 5.41) is 8.61. The number of hydrogen-bond donors (Lipinski definition) is 2. The molecule has 0 atom stereocenters. The molecule has 4 nitrogen and oxygen atoms in total. The molecule has 0 aliphatic carbocycles. The quantitative estimate of drug-likeness (QED) is 0.401. The third-order valence-electron chi connectivity index (χ3n) is 3.06. The van der Waals surface area contributed by atoms with Gasteiger partial charge in [-0.3, -0.25) is 4.55 Å². The molecule has 0 aromatic rings. The van der Waals surface area contributed by atoms with Crippen molar-refractivity contribution in [3.8, 4) is 0 Å². The Kier molecular flexibility index (Phi) is 11.8. The van der Waals surface area contributed by atoms with E-state index in [0.29, 0.717) is 13.0 Å². The normalized spacial score (nSPS) is 11.9. The van der Waals surface area contributed by atoms with Gasteiger partial charge in [0.15, 0.2) is 0 Å². The van der Waals surface area contributed by atoms with E-state index in [-0.39, 0.29) is 5.75 Å². The molecule has 0 amide bonds. The summed E-state index contributed by atoms with van der Waals surface area (Å²) in [6, 6.07) is 0. The van der Waals surface area contributed by atoms with Gasteiger partial charge in [0, 0.05) is 6.61 Å². The van der Waals surface area contributed by atoms with Crippen molar-refractivity contribution in [1.82, 2.24) is 0 Å². The lowest BCUT2D eigenvalue weighted by molar-refractivity contribution is 0.282. The molecule has 0 saturated heterocycles. The maximum atomic E-state index is 10.5. The number of rotatable bonds is 13. The second kappa shape index (κ2) is 11.9. The Morgan fingerprint density at radius 1 is 0.611 bits per heavy atom. The van der Waals surface area contributed by atoms with Crippen LogP contribution in [0.5, 0.6) is 0 Å². The molecular weight excluding hydrogens is 252 g/mol. The molecule has 0 aromatic carbocycles. The van der Waals surface area contributed by atoms with Gasteiger partial charge in [-0.25, -0.2) is 0 Å². The van der Waals surface area contributed by atoms with E-state index in [4.69, 9.17) is 9.66 Å². The highest BCUT2D eigenvalue weighted by Crippen LogP contribution is 2.11. The fraction of sp³-hybridized carbons (Fsp3) is 1.00. The van der Waals surface area contributed by atoms with Crippen LogP contribution in [-0.4, -0.2) is 30.4 Å². The summed E-state index contributed by atoms with van der Waals surface area (Å²) >= 11 is 0. The van der Waals surface area contributed by atoms with Crippen LogP contribution in [0.1, 0.15) is 70.6 Å². The van der Waals surface area contributed by atoms with Crippen LogP contribution in [0.2, 0.25) is 0 Å². The van der Waals surface area contributed by atoms with Gasteiger partial charge in [0.05, 0.1) is 5.75 Å². The van der Waals surface area contributed by atoms with Crippen molar-refractivity contribution >= 4 is 10.1 Å². The largest absolute Gasteiger partial charge is 0.396 e. The van der Waals surface area contributed by atoms with Crippen LogP contribution in [-0.2, 0) is 10.1 Å². The second-order valence-corrected chi connectivity index (χ2v) is 6.47. The van der Waals surface area contributed by atoms with Gasteiger partial charge < -0.3 is 5.11 Å². The van der Waals surface area contributed by atoms with Crippen LogP contribution in [0, 0.1) is 0 Å². The van der Waals surface area contributed by atoms with E-state index in [2.05, 4.69) is 0 Å². The van der Waals surface area contributed by atoms with Gasteiger partial charge in [0.2, 0.25) is 0 Å². The first-order chi connectivity index (χ1) is 8.56. The van der Waals surface area contributed by atoms with Crippen LogP contribution >= 0.6 is 0 Å². The third-order valence-corrected chi connectivity index (χ3v) is 3.86. The molecule has 0 fully saturated rings. The monoisotopic (exact) mass is 280 g/mol. The first kappa shape index (κ1) is 17.9. The average Bonchev–Trinajstić information content (AvgIpc) is 2.29. The molecule has 0 aliphatic heterocycles. The standard InChI is InChI=1S/C13H28O4S/c14-12-10-8-6-4-2-1-3-5-7-9-11-13-18(15,16)17/h14H,1-13H2,(H,15,16,17). The van der Waals surface area contributed by atoms with Crippen molar-refractivity contribution in [1.29, 1.82) is 0 Å². The lowest BCUT2D eigenvalue weighted by Crippen LogP contribution is -2.03.